The molecular weight excluding hydrogens is 1010 g/mol. The monoisotopic (exact) mass is 1090 g/mol. The number of carbonyl (C=O) groups excluding carboxylic acids is 1. The normalized spacial score (nSPS) is 29.9. The number of aromatic hydroxyl groups is 2. The van der Waals surface area contributed by atoms with Gasteiger partial charge in [0.05, 0.1) is 30.6 Å². The number of nitrogens with one attached hydrogen (secondary N) is 2. The predicted molar refractivity (Wildman–Crippen MR) is 282 cm³/mol. The Kier molecular flexibility index (Phi) is 16.5. The topological polar surface area (TPSA) is 334 Å². The van der Waals surface area contributed by atoms with Crippen LogP contribution in [0.3, 0.4) is 0 Å². The van der Waals surface area contributed by atoms with E-state index in [-0.39, 0.29) is 84.1 Å². The van der Waals surface area contributed by atoms with Crippen molar-refractivity contribution in [3.8, 4) is 46.3 Å². The van der Waals surface area contributed by atoms with Crippen LogP contribution >= 0.6 is 0 Å². The molecule has 3 aromatic carbocycles. The average Bonchev–Trinajstić information content (AvgIpc) is 3.84. The van der Waals surface area contributed by atoms with E-state index in [4.69, 9.17) is 34.2 Å². The first kappa shape index (κ1) is 56.5. The van der Waals surface area contributed by atoms with Gasteiger partial charge in [0, 0.05) is 72.9 Å². The zero-order valence-corrected chi connectivity index (χ0v) is 44.5. The number of rotatable bonds is 15. The van der Waals surface area contributed by atoms with Gasteiger partial charge < -0.3 is 90.7 Å². The lowest BCUT2D eigenvalue weighted by Gasteiger charge is -2.55. The van der Waals surface area contributed by atoms with Gasteiger partial charge in [0.2, 0.25) is 24.1 Å². The number of esters is 1. The van der Waals surface area contributed by atoms with Gasteiger partial charge in [-0.15, -0.1) is 0 Å². The highest BCUT2D eigenvalue weighted by molar-refractivity contribution is 5.99. The number of unbranched alkanes of at least 4 members (excludes halogenated alkanes) is 1. The molecule has 11 unspecified atom stereocenters. The number of aromatic carboxylic acids is 1. The summed E-state index contributed by atoms with van der Waals surface area (Å²) in [7, 11) is 0. The zero-order valence-electron chi connectivity index (χ0n) is 44.5. The number of anilines is 1. The van der Waals surface area contributed by atoms with Crippen LogP contribution in [-0.4, -0.2) is 145 Å². The van der Waals surface area contributed by atoms with Gasteiger partial charge >= 0.3 is 11.9 Å². The maximum atomic E-state index is 14.7. The van der Waals surface area contributed by atoms with Gasteiger partial charge in [0.1, 0.15) is 23.4 Å². The van der Waals surface area contributed by atoms with Crippen LogP contribution in [0.4, 0.5) is 5.69 Å². The first-order valence-electron chi connectivity index (χ1n) is 27.2. The number of carbonyl (C=O) groups is 2. The smallest absolute Gasteiger partial charge is 0.344 e. The first-order valence-corrected chi connectivity index (χ1v) is 27.2. The second-order valence-corrected chi connectivity index (χ2v) is 22.1. The Hall–Kier alpha value is -6.25. The Morgan fingerprint density at radius 1 is 1.04 bits per heavy atom. The molecule has 9 rings (SSSR count). The predicted octanol–water partition coefficient (Wildman–Crippen LogP) is 4.04. The molecule has 0 radical (unpaired) electrons. The number of fused-ring (bicyclic) bond motifs is 2. The number of aliphatic hydroxyl groups is 6. The lowest BCUT2D eigenvalue weighted by molar-refractivity contribution is -0.382. The minimum absolute atomic E-state index is 0.0101. The van der Waals surface area contributed by atoms with E-state index in [2.05, 4.69) is 41.3 Å². The molecule has 3 aromatic rings. The van der Waals surface area contributed by atoms with Crippen LogP contribution in [0.5, 0.6) is 34.5 Å². The number of aryl methyl sites for hydroxylation is 1. The molecule has 21 heteroatoms. The highest BCUT2D eigenvalue weighted by Gasteiger charge is 2.68. The van der Waals surface area contributed by atoms with Crippen LogP contribution in [0.2, 0.25) is 0 Å². The number of ether oxygens (including phenoxy) is 6. The number of hydrogen-bond donors (Lipinski definition) is 12. The third kappa shape index (κ3) is 10.2. The molecule has 4 bridgehead atoms. The van der Waals surface area contributed by atoms with E-state index < -0.39 is 114 Å². The Morgan fingerprint density at radius 2 is 1.79 bits per heavy atom. The second kappa shape index (κ2) is 22.8. The SMILES string of the molecule is CCc1cccc(CCOc2c(O)c3c4c(c2O)C(=O)OC(O)C2(CC4C(O)CCO3)OC3Oc4c(OCN=C(N)NCCCCO)cc(C(=O)O)c5c4C4(CCCC4)C(C#CCC(O)(C3O)C2O)C(CC(C)C)C(C)N5)c1. The van der Waals surface area contributed by atoms with Gasteiger partial charge in [-0.25, -0.2) is 14.6 Å². The number of aliphatic hydroxyl groups excluding tert-OH is 5. The number of guanidine groups is 1. The lowest BCUT2D eigenvalue weighted by atomic mass is 9.62. The van der Waals surface area contributed by atoms with Crippen LogP contribution in [-0.2, 0) is 27.7 Å². The molecule has 78 heavy (non-hydrogen) atoms. The summed E-state index contributed by atoms with van der Waals surface area (Å²) < 4.78 is 37.7. The van der Waals surface area contributed by atoms with Crippen molar-refractivity contribution in [3.05, 3.63) is 63.7 Å². The van der Waals surface area contributed by atoms with Crippen molar-refractivity contribution in [1.82, 2.24) is 5.32 Å². The van der Waals surface area contributed by atoms with Gasteiger partial charge in [-0.3, -0.25) is 0 Å². The van der Waals surface area contributed by atoms with E-state index in [0.717, 1.165) is 17.5 Å². The van der Waals surface area contributed by atoms with Crippen LogP contribution in [0.25, 0.3) is 0 Å². The number of carboxylic acid groups (broad SMARTS) is 1. The molecule has 2 fully saturated rings. The number of phenols is 2. The molecule has 13 N–H and O–H groups in total. The van der Waals surface area contributed by atoms with E-state index in [1.807, 2.05) is 38.1 Å². The van der Waals surface area contributed by atoms with E-state index in [0.29, 0.717) is 63.5 Å². The minimum atomic E-state index is -2.79. The molecule has 1 aliphatic carbocycles. The fourth-order valence-corrected chi connectivity index (χ4v) is 12.9. The summed E-state index contributed by atoms with van der Waals surface area (Å²) >= 11 is 0. The maximum absolute atomic E-state index is 14.7. The molecule has 5 aliphatic heterocycles. The van der Waals surface area contributed by atoms with Crippen molar-refractivity contribution >= 4 is 23.6 Å². The van der Waals surface area contributed by atoms with Crippen LogP contribution < -0.4 is 35.3 Å². The summed E-state index contributed by atoms with van der Waals surface area (Å²) in [5.74, 6) is -1.02. The van der Waals surface area contributed by atoms with E-state index in [1.54, 1.807) is 0 Å². The van der Waals surface area contributed by atoms with Crippen molar-refractivity contribution < 1.29 is 84.0 Å². The molecule has 0 aromatic heterocycles. The van der Waals surface area contributed by atoms with Crippen molar-refractivity contribution in [2.45, 2.75) is 164 Å². The van der Waals surface area contributed by atoms with Gasteiger partial charge in [-0.2, -0.15) is 0 Å². The molecule has 11 atom stereocenters. The third-order valence-corrected chi connectivity index (χ3v) is 16.8. The fourth-order valence-electron chi connectivity index (χ4n) is 12.9. The number of aliphatic imine (C=N–C) groups is 1. The van der Waals surface area contributed by atoms with E-state index in [9.17, 15) is 55.5 Å². The van der Waals surface area contributed by atoms with E-state index in [1.165, 1.54) is 6.07 Å². The molecule has 0 amide bonds. The second-order valence-electron chi connectivity index (χ2n) is 22.1. The third-order valence-electron chi connectivity index (χ3n) is 16.8. The number of nitrogens with zero attached hydrogens (tertiary/aromatic N) is 1. The summed E-state index contributed by atoms with van der Waals surface area (Å²) in [5.41, 5.74) is 1.21. The highest BCUT2D eigenvalue weighted by Crippen LogP contribution is 2.62. The number of hydrogen-bond acceptors (Lipinski definition) is 18. The van der Waals surface area contributed by atoms with Crippen molar-refractivity contribution in [1.29, 1.82) is 0 Å². The average molecular weight is 1090 g/mol. The summed E-state index contributed by atoms with van der Waals surface area (Å²) in [6, 6.07) is 8.65. The molecule has 21 nitrogen and oxygen atoms in total. The van der Waals surface area contributed by atoms with Crippen LogP contribution in [0.15, 0.2) is 35.3 Å². The lowest BCUT2D eigenvalue weighted by Crippen LogP contribution is -2.76. The number of benzene rings is 3. The highest BCUT2D eigenvalue weighted by atomic mass is 16.7. The standard InChI is InChI=1S/C57H74N4O17/c1-5-31-12-10-13-32(25-31)15-22-74-47-43(64)40-39-35(37(63)16-23-73-46(39)44(47)65)27-57(53(71)77-50(40)69)52(70)56(72)19-11-14-36-33(24-29(2)3)30(4)61-42-34(49(67)68)26-38(75-28-60-54(58)59-20-8-9-21-62)45(76-51(78-57)48(56)66)41(42)55(36)17-6-7-18-55/h10,12-13,25-26,29-30,33,35-37,48,51-53,61-66,70-72H,5-9,15-24,27-28H2,1-4H3,(H,67,68)(H3,58,59,60). The molecule has 424 valence electrons. The quantitative estimate of drug-likeness (QED) is 0.0336. The Balaban J connectivity index is 1.20. The first-order chi connectivity index (χ1) is 37.3. The van der Waals surface area contributed by atoms with Gasteiger partial charge in [0.25, 0.3) is 0 Å². The Morgan fingerprint density at radius 3 is 2.51 bits per heavy atom. The number of nitrogens with two attached hydrogens (primary N) is 1. The van der Waals surface area contributed by atoms with E-state index >= 15 is 0 Å². The van der Waals surface area contributed by atoms with Gasteiger partial charge in [0.15, 0.2) is 41.3 Å². The summed E-state index contributed by atoms with van der Waals surface area (Å²) in [6.45, 7) is 7.73. The molecule has 5 heterocycles. The summed E-state index contributed by atoms with van der Waals surface area (Å²) in [4.78, 5) is 32.5. The van der Waals surface area contributed by atoms with Gasteiger partial charge in [-0.1, -0.05) is 69.7 Å². The van der Waals surface area contributed by atoms with Crippen molar-refractivity contribution in [2.24, 2.45) is 28.5 Å². The molecule has 6 aliphatic rings. The fraction of sp³-hybridized carbons (Fsp3) is 0.596. The van der Waals surface area contributed by atoms with Crippen LogP contribution in [0, 0.1) is 29.6 Å². The molecule has 1 saturated heterocycles. The molecule has 2 spiro atoms. The summed E-state index contributed by atoms with van der Waals surface area (Å²) in [5, 5.41) is 114. The van der Waals surface area contributed by atoms with Crippen molar-refractivity contribution in [3.63, 3.8) is 0 Å². The maximum Gasteiger partial charge on any atom is 0.344 e. The Bertz CT molecular complexity index is 2830. The Labute approximate surface area is 452 Å². The van der Waals surface area contributed by atoms with Crippen LogP contribution in [0.1, 0.15) is 141 Å². The zero-order chi connectivity index (χ0) is 55.8. The molecule has 1 saturated carbocycles. The van der Waals surface area contributed by atoms with Gasteiger partial charge in [-0.05, 0) is 74.8 Å². The minimum Gasteiger partial charge on any atom is -0.504 e. The summed E-state index contributed by atoms with van der Waals surface area (Å²) in [6.07, 6.45) is -7.06. The number of carboxylic acids is 1. The van der Waals surface area contributed by atoms with Crippen molar-refractivity contribution in [2.75, 3.05) is 38.4 Å². The number of cyclic esters (lactones) is 1. The largest absolute Gasteiger partial charge is 0.504 e. The molecular formula is C57H74N4O17. The number of phenolic OH excluding ortho intramolecular Hbond substituents is 2.